The van der Waals surface area contributed by atoms with Gasteiger partial charge in [-0.25, -0.2) is 0 Å². The lowest BCUT2D eigenvalue weighted by Gasteiger charge is -2.39. The molecular formula is C17H24Cl2N2O2. The van der Waals surface area contributed by atoms with Crippen molar-refractivity contribution >= 4 is 29.9 Å². The van der Waals surface area contributed by atoms with Crippen LogP contribution < -0.4 is 5.32 Å². The predicted octanol–water partition coefficient (Wildman–Crippen LogP) is 3.19. The third-order valence-corrected chi connectivity index (χ3v) is 4.93. The molecule has 2 fully saturated rings. The summed E-state index contributed by atoms with van der Waals surface area (Å²) in [5.41, 5.74) is 0.966. The van der Waals surface area contributed by atoms with Gasteiger partial charge in [-0.2, -0.15) is 0 Å². The number of nitrogens with zero attached hydrogens (tertiary/aromatic N) is 1. The first-order valence-corrected chi connectivity index (χ1v) is 8.42. The summed E-state index contributed by atoms with van der Waals surface area (Å²) in [7, 11) is 0. The molecular weight excluding hydrogens is 335 g/mol. The minimum atomic E-state index is -0.134. The van der Waals surface area contributed by atoms with Gasteiger partial charge in [0.1, 0.15) is 6.10 Å². The molecule has 1 aromatic rings. The maximum absolute atomic E-state index is 12.6. The SMILES string of the molecule is CC1COC(c2ccccc2Cl)CN1C(=O)CC1CCCN1.Cl. The van der Waals surface area contributed by atoms with Crippen molar-refractivity contribution in [1.82, 2.24) is 10.2 Å². The van der Waals surface area contributed by atoms with E-state index >= 15 is 0 Å². The molecule has 2 saturated heterocycles. The number of benzene rings is 1. The first-order valence-electron chi connectivity index (χ1n) is 8.04. The van der Waals surface area contributed by atoms with Crippen LogP contribution in [-0.4, -0.2) is 42.6 Å². The quantitative estimate of drug-likeness (QED) is 0.901. The van der Waals surface area contributed by atoms with E-state index in [2.05, 4.69) is 5.32 Å². The summed E-state index contributed by atoms with van der Waals surface area (Å²) in [6, 6.07) is 8.16. The Morgan fingerprint density at radius 1 is 1.43 bits per heavy atom. The number of halogens is 2. The normalized spacial score (nSPS) is 27.6. The Bertz CT molecular complexity index is 535. The Labute approximate surface area is 148 Å². The standard InChI is InChI=1S/C17H23ClN2O2.ClH/c1-12-11-22-16(14-6-2-3-7-15(14)18)10-20(12)17(21)9-13-5-4-8-19-13;/h2-3,6-7,12-13,16,19H,4-5,8-11H2,1H3;1H. The van der Waals surface area contributed by atoms with E-state index in [0.717, 1.165) is 18.5 Å². The summed E-state index contributed by atoms with van der Waals surface area (Å²) in [4.78, 5) is 14.6. The van der Waals surface area contributed by atoms with Crippen LogP contribution in [0.3, 0.4) is 0 Å². The Kier molecular flexibility index (Phi) is 6.72. The molecule has 1 amide bonds. The number of rotatable bonds is 3. The number of hydrogen-bond acceptors (Lipinski definition) is 3. The molecule has 3 atom stereocenters. The van der Waals surface area contributed by atoms with Crippen LogP contribution in [0.25, 0.3) is 0 Å². The van der Waals surface area contributed by atoms with Crippen molar-refractivity contribution in [3.63, 3.8) is 0 Å². The average molecular weight is 359 g/mol. The van der Waals surface area contributed by atoms with Crippen molar-refractivity contribution in [2.75, 3.05) is 19.7 Å². The largest absolute Gasteiger partial charge is 0.369 e. The summed E-state index contributed by atoms with van der Waals surface area (Å²) < 4.78 is 5.91. The minimum absolute atomic E-state index is 0. The van der Waals surface area contributed by atoms with Crippen molar-refractivity contribution in [3.8, 4) is 0 Å². The molecule has 128 valence electrons. The van der Waals surface area contributed by atoms with Crippen molar-refractivity contribution in [1.29, 1.82) is 0 Å². The van der Waals surface area contributed by atoms with Crippen molar-refractivity contribution in [2.45, 2.75) is 44.4 Å². The Balaban J connectivity index is 0.00000192. The van der Waals surface area contributed by atoms with Crippen LogP contribution in [0.15, 0.2) is 24.3 Å². The van der Waals surface area contributed by atoms with Gasteiger partial charge in [-0.15, -0.1) is 12.4 Å². The van der Waals surface area contributed by atoms with Crippen LogP contribution in [-0.2, 0) is 9.53 Å². The van der Waals surface area contributed by atoms with E-state index in [9.17, 15) is 4.79 Å². The van der Waals surface area contributed by atoms with Gasteiger partial charge < -0.3 is 15.0 Å². The van der Waals surface area contributed by atoms with E-state index < -0.39 is 0 Å². The van der Waals surface area contributed by atoms with E-state index in [-0.39, 0.29) is 30.5 Å². The lowest BCUT2D eigenvalue weighted by atomic mass is 10.0. The summed E-state index contributed by atoms with van der Waals surface area (Å²) in [5, 5.41) is 4.09. The third-order valence-electron chi connectivity index (χ3n) is 4.59. The first kappa shape index (κ1) is 18.5. The number of ether oxygens (including phenoxy) is 1. The fourth-order valence-corrected chi connectivity index (χ4v) is 3.55. The molecule has 2 heterocycles. The van der Waals surface area contributed by atoms with Gasteiger partial charge in [0.25, 0.3) is 0 Å². The van der Waals surface area contributed by atoms with Crippen molar-refractivity contribution in [2.24, 2.45) is 0 Å². The van der Waals surface area contributed by atoms with E-state index in [1.807, 2.05) is 36.1 Å². The smallest absolute Gasteiger partial charge is 0.224 e. The molecule has 0 bridgehead atoms. The maximum atomic E-state index is 12.6. The average Bonchev–Trinajstić information content (AvgIpc) is 3.01. The second-order valence-electron chi connectivity index (χ2n) is 6.24. The molecule has 2 aliphatic rings. The molecule has 2 aliphatic heterocycles. The van der Waals surface area contributed by atoms with Crippen LogP contribution in [0, 0.1) is 0 Å². The zero-order valence-corrected chi connectivity index (χ0v) is 14.9. The topological polar surface area (TPSA) is 41.6 Å². The zero-order chi connectivity index (χ0) is 15.5. The molecule has 0 aromatic heterocycles. The second kappa shape index (κ2) is 8.34. The minimum Gasteiger partial charge on any atom is -0.369 e. The highest BCUT2D eigenvalue weighted by molar-refractivity contribution is 6.31. The first-order chi connectivity index (χ1) is 10.6. The predicted molar refractivity (Wildman–Crippen MR) is 94.2 cm³/mol. The van der Waals surface area contributed by atoms with Gasteiger partial charge in [0.2, 0.25) is 5.91 Å². The van der Waals surface area contributed by atoms with Gasteiger partial charge in [0, 0.05) is 23.0 Å². The van der Waals surface area contributed by atoms with Gasteiger partial charge in [-0.1, -0.05) is 29.8 Å². The second-order valence-corrected chi connectivity index (χ2v) is 6.64. The van der Waals surface area contributed by atoms with Gasteiger partial charge in [0.15, 0.2) is 0 Å². The van der Waals surface area contributed by atoms with Crippen LogP contribution in [0.5, 0.6) is 0 Å². The lowest BCUT2D eigenvalue weighted by Crippen LogP contribution is -2.49. The van der Waals surface area contributed by atoms with Gasteiger partial charge >= 0.3 is 0 Å². The summed E-state index contributed by atoms with van der Waals surface area (Å²) in [6.45, 7) is 4.21. The van der Waals surface area contributed by atoms with Crippen LogP contribution in [0.2, 0.25) is 5.02 Å². The number of nitrogens with one attached hydrogen (secondary N) is 1. The molecule has 4 nitrogen and oxygen atoms in total. The molecule has 1 N–H and O–H groups in total. The van der Waals surface area contributed by atoms with Crippen LogP contribution in [0.4, 0.5) is 0 Å². The third kappa shape index (κ3) is 4.38. The number of amides is 1. The summed E-state index contributed by atoms with van der Waals surface area (Å²) in [6.07, 6.45) is 2.71. The lowest BCUT2D eigenvalue weighted by molar-refractivity contribution is -0.145. The van der Waals surface area contributed by atoms with Gasteiger partial charge in [-0.3, -0.25) is 4.79 Å². The maximum Gasteiger partial charge on any atom is 0.224 e. The van der Waals surface area contributed by atoms with Crippen molar-refractivity contribution < 1.29 is 9.53 Å². The molecule has 0 aliphatic carbocycles. The highest BCUT2D eigenvalue weighted by atomic mass is 35.5. The Hall–Kier alpha value is -0.810. The fourth-order valence-electron chi connectivity index (χ4n) is 3.29. The summed E-state index contributed by atoms with van der Waals surface area (Å²) in [5.74, 6) is 0.215. The highest BCUT2D eigenvalue weighted by Crippen LogP contribution is 2.30. The number of morpholine rings is 1. The number of carbonyl (C=O) groups is 1. The van der Waals surface area contributed by atoms with Crippen LogP contribution in [0.1, 0.15) is 37.9 Å². The molecule has 3 unspecified atom stereocenters. The van der Waals surface area contributed by atoms with E-state index in [1.165, 1.54) is 6.42 Å². The van der Waals surface area contributed by atoms with Gasteiger partial charge in [0.05, 0.1) is 19.2 Å². The number of hydrogen-bond donors (Lipinski definition) is 1. The molecule has 0 spiro atoms. The monoisotopic (exact) mass is 358 g/mol. The van der Waals surface area contributed by atoms with Gasteiger partial charge in [-0.05, 0) is 32.4 Å². The molecule has 1 aromatic carbocycles. The molecule has 0 saturated carbocycles. The Morgan fingerprint density at radius 3 is 2.91 bits per heavy atom. The highest BCUT2D eigenvalue weighted by Gasteiger charge is 2.32. The van der Waals surface area contributed by atoms with E-state index in [1.54, 1.807) is 0 Å². The molecule has 23 heavy (non-hydrogen) atoms. The molecule has 6 heteroatoms. The van der Waals surface area contributed by atoms with E-state index in [4.69, 9.17) is 16.3 Å². The Morgan fingerprint density at radius 2 is 2.22 bits per heavy atom. The fraction of sp³-hybridized carbons (Fsp3) is 0.588. The number of carbonyl (C=O) groups excluding carboxylic acids is 1. The molecule has 3 rings (SSSR count). The molecule has 0 radical (unpaired) electrons. The van der Waals surface area contributed by atoms with E-state index in [0.29, 0.717) is 30.6 Å². The zero-order valence-electron chi connectivity index (χ0n) is 13.3. The van der Waals surface area contributed by atoms with Crippen LogP contribution >= 0.6 is 24.0 Å². The summed E-state index contributed by atoms with van der Waals surface area (Å²) >= 11 is 6.27. The van der Waals surface area contributed by atoms with Crippen molar-refractivity contribution in [3.05, 3.63) is 34.9 Å².